The summed E-state index contributed by atoms with van der Waals surface area (Å²) in [6, 6.07) is 26.5. The summed E-state index contributed by atoms with van der Waals surface area (Å²) in [7, 11) is 0. The number of morpholine rings is 1. The van der Waals surface area contributed by atoms with Gasteiger partial charge in [0.15, 0.2) is 0 Å². The molecule has 3 aromatic rings. The lowest BCUT2D eigenvalue weighted by Crippen LogP contribution is -2.40. The molecule has 4 heteroatoms. The SMILES string of the molecule is Cc1ccc(N/C(=C/C(=O)N2CCOCC2)c2ccccc2)c(/C=C/c2ccccc2)c1. The number of benzene rings is 3. The Bertz CT molecular complexity index is 1100. The Morgan fingerprint density at radius 2 is 1.59 bits per heavy atom. The molecule has 32 heavy (non-hydrogen) atoms. The highest BCUT2D eigenvalue weighted by molar-refractivity contribution is 5.98. The number of ether oxygens (including phenoxy) is 1. The molecule has 4 nitrogen and oxygen atoms in total. The number of amides is 1. The molecule has 0 bridgehead atoms. The molecule has 0 aromatic heterocycles. The van der Waals surface area contributed by atoms with Crippen molar-refractivity contribution in [1.29, 1.82) is 0 Å². The molecule has 162 valence electrons. The van der Waals surface area contributed by atoms with Crippen LogP contribution in [0.15, 0.2) is 84.9 Å². The Labute approximate surface area is 189 Å². The van der Waals surface area contributed by atoms with Crippen LogP contribution in [-0.4, -0.2) is 37.1 Å². The van der Waals surface area contributed by atoms with Crippen molar-refractivity contribution >= 4 is 29.4 Å². The Morgan fingerprint density at radius 3 is 2.31 bits per heavy atom. The fourth-order valence-electron chi connectivity index (χ4n) is 3.64. The maximum atomic E-state index is 13.0. The van der Waals surface area contributed by atoms with Crippen LogP contribution in [0.25, 0.3) is 17.8 Å². The minimum absolute atomic E-state index is 0.00635. The van der Waals surface area contributed by atoms with Crippen LogP contribution in [0.2, 0.25) is 0 Å². The van der Waals surface area contributed by atoms with Gasteiger partial charge in [0.1, 0.15) is 0 Å². The average molecular weight is 425 g/mol. The molecule has 0 spiro atoms. The summed E-state index contributed by atoms with van der Waals surface area (Å²) in [5, 5.41) is 3.53. The van der Waals surface area contributed by atoms with Crippen LogP contribution >= 0.6 is 0 Å². The molecule has 1 amide bonds. The van der Waals surface area contributed by atoms with E-state index < -0.39 is 0 Å². The molecule has 3 aromatic carbocycles. The molecule has 1 aliphatic heterocycles. The van der Waals surface area contributed by atoms with Crippen LogP contribution in [0.3, 0.4) is 0 Å². The normalized spacial score (nSPS) is 14.5. The van der Waals surface area contributed by atoms with Gasteiger partial charge in [-0.05, 0) is 35.7 Å². The molecule has 0 unspecified atom stereocenters. The Morgan fingerprint density at radius 1 is 0.906 bits per heavy atom. The summed E-state index contributed by atoms with van der Waals surface area (Å²) in [5.41, 5.74) is 6.08. The number of hydrogen-bond acceptors (Lipinski definition) is 3. The number of aryl methyl sites for hydroxylation is 1. The number of rotatable bonds is 6. The van der Waals surface area contributed by atoms with Gasteiger partial charge in [0, 0.05) is 24.9 Å². The fraction of sp³-hybridized carbons (Fsp3) is 0.179. The van der Waals surface area contributed by atoms with Crippen LogP contribution in [0.5, 0.6) is 0 Å². The first kappa shape index (κ1) is 21.6. The molecule has 4 rings (SSSR count). The van der Waals surface area contributed by atoms with Crippen molar-refractivity contribution in [2.45, 2.75) is 6.92 Å². The van der Waals surface area contributed by atoms with Gasteiger partial charge in [-0.15, -0.1) is 0 Å². The first-order valence-electron chi connectivity index (χ1n) is 10.9. The average Bonchev–Trinajstić information content (AvgIpc) is 2.85. The van der Waals surface area contributed by atoms with Crippen LogP contribution < -0.4 is 5.32 Å². The molecule has 1 N–H and O–H groups in total. The van der Waals surface area contributed by atoms with E-state index in [-0.39, 0.29) is 5.91 Å². The van der Waals surface area contributed by atoms with Gasteiger partial charge in [-0.25, -0.2) is 0 Å². The number of nitrogens with one attached hydrogen (secondary N) is 1. The third-order valence-electron chi connectivity index (χ3n) is 5.41. The third kappa shape index (κ3) is 5.74. The summed E-state index contributed by atoms with van der Waals surface area (Å²) in [5.74, 6) is -0.00635. The predicted molar refractivity (Wildman–Crippen MR) is 132 cm³/mol. The molecule has 1 heterocycles. The monoisotopic (exact) mass is 424 g/mol. The number of carbonyl (C=O) groups excluding carboxylic acids is 1. The topological polar surface area (TPSA) is 41.6 Å². The Balaban J connectivity index is 1.65. The van der Waals surface area contributed by atoms with E-state index in [4.69, 9.17) is 4.74 Å². The molecule has 0 atom stereocenters. The Kier molecular flexibility index (Phi) is 7.15. The first-order chi connectivity index (χ1) is 15.7. The number of nitrogens with zero attached hydrogens (tertiary/aromatic N) is 1. The van der Waals surface area contributed by atoms with E-state index in [1.54, 1.807) is 6.08 Å². The summed E-state index contributed by atoms with van der Waals surface area (Å²) in [6.45, 7) is 4.49. The van der Waals surface area contributed by atoms with E-state index in [0.29, 0.717) is 26.3 Å². The second-order valence-electron chi connectivity index (χ2n) is 7.82. The van der Waals surface area contributed by atoms with E-state index in [2.05, 4.69) is 54.7 Å². The summed E-state index contributed by atoms with van der Waals surface area (Å²) in [6.07, 6.45) is 5.91. The lowest BCUT2D eigenvalue weighted by Gasteiger charge is -2.26. The van der Waals surface area contributed by atoms with Crippen molar-refractivity contribution in [3.05, 3.63) is 107 Å². The van der Waals surface area contributed by atoms with Crippen LogP contribution in [-0.2, 0) is 9.53 Å². The number of anilines is 1. The summed E-state index contributed by atoms with van der Waals surface area (Å²) < 4.78 is 5.39. The van der Waals surface area contributed by atoms with E-state index in [0.717, 1.165) is 28.1 Å². The van der Waals surface area contributed by atoms with Crippen molar-refractivity contribution in [2.75, 3.05) is 31.6 Å². The van der Waals surface area contributed by atoms with Crippen molar-refractivity contribution in [2.24, 2.45) is 0 Å². The van der Waals surface area contributed by atoms with Crippen molar-refractivity contribution in [1.82, 2.24) is 4.90 Å². The van der Waals surface area contributed by atoms with Crippen molar-refractivity contribution in [3.63, 3.8) is 0 Å². The van der Waals surface area contributed by atoms with E-state index >= 15 is 0 Å². The zero-order chi connectivity index (χ0) is 22.2. The first-order valence-corrected chi connectivity index (χ1v) is 10.9. The van der Waals surface area contributed by atoms with Crippen LogP contribution in [0.4, 0.5) is 5.69 Å². The Hall–Kier alpha value is -3.63. The quantitative estimate of drug-likeness (QED) is 0.421. The van der Waals surface area contributed by atoms with Gasteiger partial charge in [0.05, 0.1) is 18.9 Å². The molecule has 1 saturated heterocycles. The van der Waals surface area contributed by atoms with Gasteiger partial charge in [0.25, 0.3) is 0 Å². The number of hydrogen-bond donors (Lipinski definition) is 1. The van der Waals surface area contributed by atoms with E-state index in [1.807, 2.05) is 53.4 Å². The zero-order valence-corrected chi connectivity index (χ0v) is 18.3. The standard InChI is InChI=1S/C28H28N2O2/c1-22-12-15-26(25(20-22)14-13-23-8-4-2-5-9-23)29-27(24-10-6-3-7-11-24)21-28(31)30-16-18-32-19-17-30/h2-15,20-21,29H,16-19H2,1H3/b14-13+,27-21+. The third-order valence-corrected chi connectivity index (χ3v) is 5.41. The van der Waals surface area contributed by atoms with Gasteiger partial charge in [0.2, 0.25) is 5.91 Å². The smallest absolute Gasteiger partial charge is 0.248 e. The van der Waals surface area contributed by atoms with Crippen molar-refractivity contribution in [3.8, 4) is 0 Å². The lowest BCUT2D eigenvalue weighted by molar-refractivity contribution is -0.129. The highest BCUT2D eigenvalue weighted by atomic mass is 16.5. The predicted octanol–water partition coefficient (Wildman–Crippen LogP) is 5.48. The molecule has 1 fully saturated rings. The lowest BCUT2D eigenvalue weighted by atomic mass is 10.1. The minimum atomic E-state index is -0.00635. The highest BCUT2D eigenvalue weighted by Crippen LogP contribution is 2.25. The fourth-order valence-corrected chi connectivity index (χ4v) is 3.64. The molecule has 1 aliphatic rings. The maximum absolute atomic E-state index is 13.0. The van der Waals surface area contributed by atoms with Crippen molar-refractivity contribution < 1.29 is 9.53 Å². The van der Waals surface area contributed by atoms with E-state index in [9.17, 15) is 4.79 Å². The minimum Gasteiger partial charge on any atom is -0.378 e. The van der Waals surface area contributed by atoms with Gasteiger partial charge < -0.3 is 15.0 Å². The highest BCUT2D eigenvalue weighted by Gasteiger charge is 2.16. The van der Waals surface area contributed by atoms with Crippen LogP contribution in [0.1, 0.15) is 22.3 Å². The second kappa shape index (κ2) is 10.6. The number of carbonyl (C=O) groups is 1. The largest absolute Gasteiger partial charge is 0.378 e. The van der Waals surface area contributed by atoms with Gasteiger partial charge in [-0.2, -0.15) is 0 Å². The van der Waals surface area contributed by atoms with Gasteiger partial charge in [-0.1, -0.05) is 84.4 Å². The van der Waals surface area contributed by atoms with E-state index in [1.165, 1.54) is 5.56 Å². The zero-order valence-electron chi connectivity index (χ0n) is 18.3. The van der Waals surface area contributed by atoms with Gasteiger partial charge in [-0.3, -0.25) is 4.79 Å². The second-order valence-corrected chi connectivity index (χ2v) is 7.82. The molecule has 0 aliphatic carbocycles. The summed E-state index contributed by atoms with van der Waals surface area (Å²) >= 11 is 0. The molecular formula is C28H28N2O2. The molecular weight excluding hydrogens is 396 g/mol. The molecule has 0 saturated carbocycles. The maximum Gasteiger partial charge on any atom is 0.248 e. The molecule has 0 radical (unpaired) electrons. The van der Waals surface area contributed by atoms with Crippen LogP contribution in [0, 0.1) is 6.92 Å². The van der Waals surface area contributed by atoms with Gasteiger partial charge >= 0.3 is 0 Å². The summed E-state index contributed by atoms with van der Waals surface area (Å²) in [4.78, 5) is 14.8.